The van der Waals surface area contributed by atoms with Gasteiger partial charge in [0.1, 0.15) is 0 Å². The average Bonchev–Trinajstić information content (AvgIpc) is 2.80. The number of carbonyl (C=O) groups is 2. The number of halogens is 1. The zero-order valence-corrected chi connectivity index (χ0v) is 17.5. The van der Waals surface area contributed by atoms with Crippen molar-refractivity contribution in [3.8, 4) is 5.75 Å². The van der Waals surface area contributed by atoms with E-state index in [2.05, 4.69) is 10.6 Å². The number of hydrogen-bond acceptors (Lipinski definition) is 3. The lowest BCUT2D eigenvalue weighted by Crippen LogP contribution is -2.37. The summed E-state index contributed by atoms with van der Waals surface area (Å²) in [6, 6.07) is 20.8. The molecule has 0 spiro atoms. The van der Waals surface area contributed by atoms with E-state index in [0.29, 0.717) is 25.2 Å². The standard InChI is InChI=1S/C25H24FN3O3/c26-21-10-4-5-12-23(21)32-16-14-24(30)29-15-13-20-18(17-29)7-6-11-22(20)28-25(31)27-19-8-2-1-3-9-19/h1-12H,13-17H2,(H2,27,28,31). The Hall–Kier alpha value is -3.87. The third-order valence-corrected chi connectivity index (χ3v) is 5.31. The highest BCUT2D eigenvalue weighted by Gasteiger charge is 2.23. The summed E-state index contributed by atoms with van der Waals surface area (Å²) in [5, 5.41) is 5.72. The van der Waals surface area contributed by atoms with Gasteiger partial charge >= 0.3 is 6.03 Å². The van der Waals surface area contributed by atoms with Crippen molar-refractivity contribution < 1.29 is 18.7 Å². The van der Waals surface area contributed by atoms with Crippen LogP contribution in [-0.2, 0) is 17.8 Å². The predicted octanol–water partition coefficient (Wildman–Crippen LogP) is 4.82. The van der Waals surface area contributed by atoms with Crippen molar-refractivity contribution in [1.29, 1.82) is 0 Å². The number of carbonyl (C=O) groups excluding carboxylic acids is 2. The Morgan fingerprint density at radius 3 is 2.53 bits per heavy atom. The van der Waals surface area contributed by atoms with Crippen molar-refractivity contribution >= 4 is 23.3 Å². The summed E-state index contributed by atoms with van der Waals surface area (Å²) in [6.45, 7) is 1.12. The maximum atomic E-state index is 13.6. The first kappa shape index (κ1) is 21.4. The Labute approximate surface area is 186 Å². The monoisotopic (exact) mass is 433 g/mol. The molecule has 0 atom stereocenters. The van der Waals surface area contributed by atoms with Crippen molar-refractivity contribution in [3.05, 3.63) is 89.7 Å². The fourth-order valence-electron chi connectivity index (χ4n) is 3.71. The number of rotatable bonds is 6. The Morgan fingerprint density at radius 2 is 1.72 bits per heavy atom. The molecular formula is C25H24FN3O3. The number of amides is 3. The first-order chi connectivity index (χ1) is 15.6. The lowest BCUT2D eigenvalue weighted by atomic mass is 9.97. The van der Waals surface area contributed by atoms with Gasteiger partial charge in [-0.2, -0.15) is 0 Å². The van der Waals surface area contributed by atoms with E-state index in [4.69, 9.17) is 4.74 Å². The molecule has 6 nitrogen and oxygen atoms in total. The summed E-state index contributed by atoms with van der Waals surface area (Å²) in [7, 11) is 0. The zero-order valence-electron chi connectivity index (χ0n) is 17.5. The summed E-state index contributed by atoms with van der Waals surface area (Å²) in [5.41, 5.74) is 3.48. The molecule has 7 heteroatoms. The molecule has 32 heavy (non-hydrogen) atoms. The minimum absolute atomic E-state index is 0.0489. The zero-order chi connectivity index (χ0) is 22.3. The number of anilines is 2. The van der Waals surface area contributed by atoms with Crippen LogP contribution in [-0.4, -0.2) is 30.0 Å². The summed E-state index contributed by atoms with van der Waals surface area (Å²) >= 11 is 0. The lowest BCUT2D eigenvalue weighted by molar-refractivity contribution is -0.132. The highest BCUT2D eigenvalue weighted by atomic mass is 19.1. The van der Waals surface area contributed by atoms with Gasteiger partial charge in [-0.25, -0.2) is 9.18 Å². The topological polar surface area (TPSA) is 70.7 Å². The second-order valence-corrected chi connectivity index (χ2v) is 7.48. The predicted molar refractivity (Wildman–Crippen MR) is 121 cm³/mol. The molecular weight excluding hydrogens is 409 g/mol. The number of nitrogens with zero attached hydrogens (tertiary/aromatic N) is 1. The fraction of sp³-hybridized carbons (Fsp3) is 0.200. The second kappa shape index (κ2) is 9.96. The van der Waals surface area contributed by atoms with E-state index in [9.17, 15) is 14.0 Å². The van der Waals surface area contributed by atoms with E-state index in [1.165, 1.54) is 6.07 Å². The minimum Gasteiger partial charge on any atom is -0.490 e. The molecule has 0 fully saturated rings. The van der Waals surface area contributed by atoms with Crippen LogP contribution >= 0.6 is 0 Å². The Balaban J connectivity index is 1.33. The molecule has 3 amide bonds. The summed E-state index contributed by atoms with van der Waals surface area (Å²) in [6.07, 6.45) is 0.804. The number of benzene rings is 3. The number of ether oxygens (including phenoxy) is 1. The van der Waals surface area contributed by atoms with E-state index in [1.807, 2.05) is 48.5 Å². The highest BCUT2D eigenvalue weighted by molar-refractivity contribution is 6.00. The number of para-hydroxylation sites is 2. The first-order valence-corrected chi connectivity index (χ1v) is 10.5. The molecule has 3 aromatic carbocycles. The lowest BCUT2D eigenvalue weighted by Gasteiger charge is -2.30. The van der Waals surface area contributed by atoms with Gasteiger partial charge in [-0.05, 0) is 47.9 Å². The maximum absolute atomic E-state index is 13.6. The van der Waals surface area contributed by atoms with Crippen molar-refractivity contribution in [2.45, 2.75) is 19.4 Å². The smallest absolute Gasteiger partial charge is 0.323 e. The molecule has 1 heterocycles. The van der Waals surface area contributed by atoms with Gasteiger partial charge in [-0.15, -0.1) is 0 Å². The van der Waals surface area contributed by atoms with Gasteiger partial charge in [-0.1, -0.05) is 42.5 Å². The quantitative estimate of drug-likeness (QED) is 0.585. The number of urea groups is 1. The molecule has 2 N–H and O–H groups in total. The van der Waals surface area contributed by atoms with Crippen molar-refractivity contribution in [3.63, 3.8) is 0 Å². The summed E-state index contributed by atoms with van der Waals surface area (Å²) in [5.74, 6) is -0.343. The molecule has 0 saturated carbocycles. The van der Waals surface area contributed by atoms with Gasteiger partial charge in [-0.3, -0.25) is 4.79 Å². The van der Waals surface area contributed by atoms with E-state index < -0.39 is 5.82 Å². The Morgan fingerprint density at radius 1 is 0.938 bits per heavy atom. The summed E-state index contributed by atoms with van der Waals surface area (Å²) < 4.78 is 19.0. The SMILES string of the molecule is O=C(Nc1ccccc1)Nc1cccc2c1CCN(C(=O)CCOc1ccccc1F)C2. The van der Waals surface area contributed by atoms with Crippen LogP contribution in [0.4, 0.5) is 20.6 Å². The molecule has 4 rings (SSSR count). The van der Waals surface area contributed by atoms with Crippen LogP contribution in [0, 0.1) is 5.82 Å². The molecule has 1 aliphatic heterocycles. The van der Waals surface area contributed by atoms with Gasteiger partial charge in [0, 0.05) is 24.5 Å². The van der Waals surface area contributed by atoms with Crippen LogP contribution in [0.15, 0.2) is 72.8 Å². The van der Waals surface area contributed by atoms with Gasteiger partial charge in [0.15, 0.2) is 11.6 Å². The van der Waals surface area contributed by atoms with Gasteiger partial charge in [0.25, 0.3) is 0 Å². The molecule has 0 aliphatic carbocycles. The van der Waals surface area contributed by atoms with Crippen LogP contribution in [0.3, 0.4) is 0 Å². The third-order valence-electron chi connectivity index (χ3n) is 5.31. The average molecular weight is 433 g/mol. The van der Waals surface area contributed by atoms with Crippen LogP contribution in [0.5, 0.6) is 5.75 Å². The molecule has 0 radical (unpaired) electrons. The largest absolute Gasteiger partial charge is 0.490 e. The van der Waals surface area contributed by atoms with Crippen LogP contribution in [0.25, 0.3) is 0 Å². The molecule has 1 aliphatic rings. The van der Waals surface area contributed by atoms with Crippen LogP contribution < -0.4 is 15.4 Å². The Bertz CT molecular complexity index is 1100. The summed E-state index contributed by atoms with van der Waals surface area (Å²) in [4.78, 5) is 26.8. The second-order valence-electron chi connectivity index (χ2n) is 7.48. The number of fused-ring (bicyclic) bond motifs is 1. The number of nitrogens with one attached hydrogen (secondary N) is 2. The van der Waals surface area contributed by atoms with Crippen LogP contribution in [0.2, 0.25) is 0 Å². The Kier molecular flexibility index (Phi) is 6.65. The first-order valence-electron chi connectivity index (χ1n) is 10.5. The molecule has 0 saturated heterocycles. The van der Waals surface area contributed by atoms with E-state index in [0.717, 1.165) is 16.8 Å². The van der Waals surface area contributed by atoms with E-state index in [-0.39, 0.29) is 30.7 Å². The van der Waals surface area contributed by atoms with Gasteiger partial charge < -0.3 is 20.3 Å². The van der Waals surface area contributed by atoms with E-state index in [1.54, 1.807) is 23.1 Å². The fourth-order valence-corrected chi connectivity index (χ4v) is 3.71. The molecule has 164 valence electrons. The van der Waals surface area contributed by atoms with Crippen LogP contribution in [0.1, 0.15) is 17.5 Å². The van der Waals surface area contributed by atoms with Gasteiger partial charge in [0.2, 0.25) is 5.91 Å². The highest BCUT2D eigenvalue weighted by Crippen LogP contribution is 2.27. The van der Waals surface area contributed by atoms with Crippen molar-refractivity contribution in [1.82, 2.24) is 4.90 Å². The minimum atomic E-state index is -0.442. The van der Waals surface area contributed by atoms with Gasteiger partial charge in [0.05, 0.1) is 13.0 Å². The normalized spacial score (nSPS) is 12.6. The molecule has 3 aromatic rings. The van der Waals surface area contributed by atoms with Crippen molar-refractivity contribution in [2.75, 3.05) is 23.8 Å². The molecule has 0 bridgehead atoms. The molecule has 0 aromatic heterocycles. The maximum Gasteiger partial charge on any atom is 0.323 e. The third kappa shape index (κ3) is 5.24. The van der Waals surface area contributed by atoms with Crippen molar-refractivity contribution in [2.24, 2.45) is 0 Å². The van der Waals surface area contributed by atoms with E-state index >= 15 is 0 Å². The number of hydrogen-bond donors (Lipinski definition) is 2. The molecule has 0 unspecified atom stereocenters.